The highest BCUT2D eigenvalue weighted by atomic mass is 16.5. The Labute approximate surface area is 161 Å². The number of hydrogen-bond acceptors (Lipinski definition) is 6. The first kappa shape index (κ1) is 20.1. The fourth-order valence-electron chi connectivity index (χ4n) is 4.27. The zero-order valence-corrected chi connectivity index (χ0v) is 17.0. The molecule has 2 aliphatic rings. The van der Waals surface area contributed by atoms with Crippen molar-refractivity contribution in [2.24, 2.45) is 11.3 Å². The Morgan fingerprint density at radius 2 is 2.15 bits per heavy atom. The van der Waals surface area contributed by atoms with Crippen molar-refractivity contribution in [1.82, 2.24) is 25.3 Å². The fraction of sp³-hybridized carbons (Fsp3) is 0.842. The molecule has 27 heavy (non-hydrogen) atoms. The summed E-state index contributed by atoms with van der Waals surface area (Å²) in [6, 6.07) is 0.251. The summed E-state index contributed by atoms with van der Waals surface area (Å²) in [5.41, 5.74) is 0.232. The van der Waals surface area contributed by atoms with Gasteiger partial charge in [-0.15, -0.1) is 0 Å². The van der Waals surface area contributed by atoms with E-state index >= 15 is 0 Å². The normalized spacial score (nSPS) is 22.7. The topological polar surface area (TPSA) is 83.7 Å². The van der Waals surface area contributed by atoms with Crippen LogP contribution in [0.3, 0.4) is 0 Å². The van der Waals surface area contributed by atoms with Crippen molar-refractivity contribution in [1.29, 1.82) is 0 Å². The molecule has 1 N–H and O–H groups in total. The zero-order chi connectivity index (χ0) is 19.4. The average Bonchev–Trinajstić information content (AvgIpc) is 3.20. The number of amides is 2. The van der Waals surface area contributed by atoms with Gasteiger partial charge in [-0.2, -0.15) is 4.98 Å². The van der Waals surface area contributed by atoms with E-state index in [4.69, 9.17) is 9.26 Å². The number of nitrogens with one attached hydrogen (secondary N) is 1. The second kappa shape index (κ2) is 8.56. The molecular weight excluding hydrogens is 346 g/mol. The average molecular weight is 380 g/mol. The van der Waals surface area contributed by atoms with E-state index < -0.39 is 0 Å². The monoisotopic (exact) mass is 379 g/mol. The lowest BCUT2D eigenvalue weighted by Gasteiger charge is -2.39. The first-order chi connectivity index (χ1) is 12.9. The number of piperidine rings is 1. The molecule has 3 rings (SSSR count). The quantitative estimate of drug-likeness (QED) is 0.817. The van der Waals surface area contributed by atoms with Gasteiger partial charge in [0, 0.05) is 33.3 Å². The van der Waals surface area contributed by atoms with Crippen LogP contribution >= 0.6 is 0 Å². The molecule has 1 aromatic rings. The van der Waals surface area contributed by atoms with Crippen LogP contribution in [0.1, 0.15) is 57.3 Å². The van der Waals surface area contributed by atoms with E-state index in [-0.39, 0.29) is 17.5 Å². The molecule has 1 aromatic heterocycles. The van der Waals surface area contributed by atoms with E-state index in [9.17, 15) is 4.79 Å². The van der Waals surface area contributed by atoms with Gasteiger partial charge < -0.3 is 19.5 Å². The standard InChI is InChI=1S/C19H33N5O3/c1-14(2)5-8-20-18(25)24-9-6-19(7-10-24)11-15(23(3)13-19)17-21-16(12-26-4)27-22-17/h14-15H,5-13H2,1-4H3,(H,20,25). The Morgan fingerprint density at radius 1 is 1.41 bits per heavy atom. The number of aromatic nitrogens is 2. The van der Waals surface area contributed by atoms with Crippen molar-refractivity contribution < 1.29 is 14.1 Å². The van der Waals surface area contributed by atoms with Crippen molar-refractivity contribution in [2.45, 2.75) is 52.2 Å². The smallest absolute Gasteiger partial charge is 0.317 e. The maximum absolute atomic E-state index is 12.4. The minimum absolute atomic E-state index is 0.0794. The highest BCUT2D eigenvalue weighted by Crippen LogP contribution is 2.47. The van der Waals surface area contributed by atoms with Crippen LogP contribution in [0.5, 0.6) is 0 Å². The number of rotatable bonds is 6. The van der Waals surface area contributed by atoms with Gasteiger partial charge in [0.1, 0.15) is 6.61 Å². The summed E-state index contributed by atoms with van der Waals surface area (Å²) in [7, 11) is 3.74. The van der Waals surface area contributed by atoms with Crippen molar-refractivity contribution in [3.8, 4) is 0 Å². The van der Waals surface area contributed by atoms with Crippen LogP contribution in [0.15, 0.2) is 4.52 Å². The van der Waals surface area contributed by atoms with Gasteiger partial charge in [-0.05, 0) is 44.1 Å². The predicted molar refractivity (Wildman–Crippen MR) is 101 cm³/mol. The Kier molecular flexibility index (Phi) is 6.37. The fourth-order valence-corrected chi connectivity index (χ4v) is 4.27. The zero-order valence-electron chi connectivity index (χ0n) is 17.0. The molecule has 0 radical (unpaired) electrons. The summed E-state index contributed by atoms with van der Waals surface area (Å²) in [4.78, 5) is 21.1. The lowest BCUT2D eigenvalue weighted by atomic mass is 9.76. The highest BCUT2D eigenvalue weighted by molar-refractivity contribution is 5.74. The van der Waals surface area contributed by atoms with E-state index in [1.807, 2.05) is 4.90 Å². The first-order valence-corrected chi connectivity index (χ1v) is 9.97. The number of hydrogen-bond donors (Lipinski definition) is 1. The first-order valence-electron chi connectivity index (χ1n) is 9.97. The van der Waals surface area contributed by atoms with Crippen molar-refractivity contribution in [3.63, 3.8) is 0 Å². The summed E-state index contributed by atoms with van der Waals surface area (Å²) in [6.07, 6.45) is 4.08. The van der Waals surface area contributed by atoms with Gasteiger partial charge in [-0.3, -0.25) is 4.90 Å². The Hall–Kier alpha value is -1.67. The van der Waals surface area contributed by atoms with Gasteiger partial charge in [0.25, 0.3) is 5.89 Å². The van der Waals surface area contributed by atoms with Crippen molar-refractivity contribution >= 4 is 6.03 Å². The molecule has 0 aromatic carbocycles. The summed E-state index contributed by atoms with van der Waals surface area (Å²) in [6.45, 7) is 8.08. The Bertz CT molecular complexity index is 625. The molecule has 2 fully saturated rings. The van der Waals surface area contributed by atoms with Crippen LogP contribution in [-0.4, -0.2) is 66.3 Å². The maximum atomic E-state index is 12.4. The van der Waals surface area contributed by atoms with E-state index in [1.54, 1.807) is 7.11 Å². The highest BCUT2D eigenvalue weighted by Gasteiger charge is 2.46. The lowest BCUT2D eigenvalue weighted by molar-refractivity contribution is 0.122. The minimum atomic E-state index is 0.0794. The Balaban J connectivity index is 1.52. The van der Waals surface area contributed by atoms with Crippen molar-refractivity contribution in [3.05, 3.63) is 11.7 Å². The third-order valence-corrected chi connectivity index (χ3v) is 5.90. The van der Waals surface area contributed by atoms with E-state index in [1.165, 1.54) is 0 Å². The van der Waals surface area contributed by atoms with Crippen LogP contribution in [0.2, 0.25) is 0 Å². The van der Waals surface area contributed by atoms with Crippen LogP contribution in [0.25, 0.3) is 0 Å². The second-order valence-electron chi connectivity index (χ2n) is 8.52. The van der Waals surface area contributed by atoms with Gasteiger partial charge in [0.15, 0.2) is 5.82 Å². The number of carbonyl (C=O) groups excluding carboxylic acids is 1. The lowest BCUT2D eigenvalue weighted by Crippen LogP contribution is -2.48. The summed E-state index contributed by atoms with van der Waals surface area (Å²) in [5, 5.41) is 7.21. The van der Waals surface area contributed by atoms with Gasteiger partial charge in [-0.25, -0.2) is 4.79 Å². The van der Waals surface area contributed by atoms with E-state index in [2.05, 4.69) is 41.3 Å². The molecule has 3 heterocycles. The van der Waals surface area contributed by atoms with Crippen molar-refractivity contribution in [2.75, 3.05) is 40.3 Å². The molecule has 0 saturated carbocycles. The molecule has 0 bridgehead atoms. The molecule has 2 aliphatic heterocycles. The van der Waals surface area contributed by atoms with E-state index in [0.29, 0.717) is 18.4 Å². The number of nitrogens with zero attached hydrogens (tertiary/aromatic N) is 4. The van der Waals surface area contributed by atoms with Gasteiger partial charge in [0.2, 0.25) is 0 Å². The maximum Gasteiger partial charge on any atom is 0.317 e. The summed E-state index contributed by atoms with van der Waals surface area (Å²) < 4.78 is 10.3. The van der Waals surface area contributed by atoms with Crippen LogP contribution in [0.4, 0.5) is 4.79 Å². The van der Waals surface area contributed by atoms with Crippen LogP contribution in [-0.2, 0) is 11.3 Å². The van der Waals surface area contributed by atoms with Gasteiger partial charge >= 0.3 is 6.03 Å². The third-order valence-electron chi connectivity index (χ3n) is 5.90. The number of methoxy groups -OCH3 is 1. The number of ether oxygens (including phenoxy) is 1. The molecule has 152 valence electrons. The Morgan fingerprint density at radius 3 is 2.81 bits per heavy atom. The van der Waals surface area contributed by atoms with Gasteiger partial charge in [0.05, 0.1) is 6.04 Å². The molecule has 2 saturated heterocycles. The summed E-state index contributed by atoms with van der Waals surface area (Å²) >= 11 is 0. The number of carbonyl (C=O) groups is 1. The molecule has 1 spiro atoms. The minimum Gasteiger partial charge on any atom is -0.375 e. The molecule has 1 atom stereocenters. The van der Waals surface area contributed by atoms with Gasteiger partial charge in [-0.1, -0.05) is 19.0 Å². The number of likely N-dealkylation sites (tertiary alicyclic amines) is 2. The molecule has 1 unspecified atom stereocenters. The largest absolute Gasteiger partial charge is 0.375 e. The summed E-state index contributed by atoms with van der Waals surface area (Å²) in [5.74, 6) is 1.88. The number of urea groups is 1. The predicted octanol–water partition coefficient (Wildman–Crippen LogP) is 2.43. The third kappa shape index (κ3) is 4.79. The van der Waals surface area contributed by atoms with Crippen LogP contribution in [0, 0.1) is 11.3 Å². The molecule has 8 heteroatoms. The SMILES string of the molecule is COCc1nc(C2CC3(CCN(C(=O)NCCC(C)C)CC3)CN2C)no1. The molecule has 0 aliphatic carbocycles. The molecule has 2 amide bonds. The van der Waals surface area contributed by atoms with Crippen LogP contribution < -0.4 is 5.32 Å². The second-order valence-corrected chi connectivity index (χ2v) is 8.52. The molecular formula is C19H33N5O3. The van der Waals surface area contributed by atoms with E-state index in [0.717, 1.165) is 57.7 Å². The molecule has 8 nitrogen and oxygen atoms in total.